The highest BCUT2D eigenvalue weighted by atomic mass is 35.5. The zero-order valence-electron chi connectivity index (χ0n) is 20.2. The van der Waals surface area contributed by atoms with Crippen LogP contribution in [-0.2, 0) is 4.79 Å². The van der Waals surface area contributed by atoms with Crippen LogP contribution in [0.3, 0.4) is 0 Å². The van der Waals surface area contributed by atoms with Crippen molar-refractivity contribution in [3.63, 3.8) is 0 Å². The summed E-state index contributed by atoms with van der Waals surface area (Å²) in [5.41, 5.74) is 6.93. The van der Waals surface area contributed by atoms with Crippen LogP contribution < -0.4 is 15.5 Å². The molecular weight excluding hydrogens is 490 g/mol. The van der Waals surface area contributed by atoms with Gasteiger partial charge in [0.1, 0.15) is 0 Å². The quantitative estimate of drug-likeness (QED) is 0.306. The van der Waals surface area contributed by atoms with Crippen molar-refractivity contribution in [1.82, 2.24) is 14.9 Å². The van der Waals surface area contributed by atoms with Crippen LogP contribution >= 0.6 is 23.8 Å². The third-order valence-corrected chi connectivity index (χ3v) is 6.97. The second-order valence-corrected chi connectivity index (χ2v) is 9.69. The number of rotatable bonds is 5. The number of carbonyl (C=O) groups is 1. The van der Waals surface area contributed by atoms with Gasteiger partial charge in [-0.2, -0.15) is 0 Å². The van der Waals surface area contributed by atoms with Gasteiger partial charge in [-0.15, -0.1) is 0 Å². The van der Waals surface area contributed by atoms with Gasteiger partial charge in [0, 0.05) is 46.6 Å². The number of aryl methyl sites for hydroxylation is 1. The van der Waals surface area contributed by atoms with Crippen molar-refractivity contribution in [3.8, 4) is 5.69 Å². The maximum atomic E-state index is 11.5. The number of halogens is 1. The molecule has 2 aromatic heterocycles. The molecule has 182 valence electrons. The van der Waals surface area contributed by atoms with Crippen molar-refractivity contribution in [2.24, 2.45) is 0 Å². The molecule has 4 aromatic rings. The predicted molar refractivity (Wildman–Crippen MR) is 149 cm³/mol. The van der Waals surface area contributed by atoms with Gasteiger partial charge in [0.25, 0.3) is 0 Å². The summed E-state index contributed by atoms with van der Waals surface area (Å²) in [5.74, 6) is -0.109. The van der Waals surface area contributed by atoms with E-state index in [4.69, 9.17) is 23.8 Å². The molecule has 2 N–H and O–H groups in total. The number of thiocarbonyl (C=S) groups is 1. The molecular formula is C28H26ClN5OS. The average Bonchev–Trinajstić information content (AvgIpc) is 3.35. The number of anilines is 2. The third-order valence-electron chi connectivity index (χ3n) is 6.42. The fourth-order valence-electron chi connectivity index (χ4n) is 4.96. The number of benzene rings is 2. The van der Waals surface area contributed by atoms with Crippen LogP contribution in [0.2, 0.25) is 5.02 Å². The van der Waals surface area contributed by atoms with Gasteiger partial charge >= 0.3 is 0 Å². The van der Waals surface area contributed by atoms with Crippen LogP contribution in [0.15, 0.2) is 79.0 Å². The molecule has 0 spiro atoms. The van der Waals surface area contributed by atoms with Crippen molar-refractivity contribution in [2.45, 2.75) is 32.9 Å². The van der Waals surface area contributed by atoms with E-state index in [-0.39, 0.29) is 18.0 Å². The Morgan fingerprint density at radius 2 is 1.81 bits per heavy atom. The Hall–Kier alpha value is -3.68. The van der Waals surface area contributed by atoms with Gasteiger partial charge in [-0.1, -0.05) is 23.7 Å². The zero-order valence-corrected chi connectivity index (χ0v) is 21.8. The van der Waals surface area contributed by atoms with Crippen molar-refractivity contribution in [2.75, 3.05) is 10.2 Å². The molecule has 0 bridgehead atoms. The van der Waals surface area contributed by atoms with E-state index in [0.717, 1.165) is 39.7 Å². The lowest BCUT2D eigenvalue weighted by atomic mass is 9.96. The van der Waals surface area contributed by atoms with Crippen LogP contribution in [0, 0.1) is 13.8 Å². The number of hydrogen-bond acceptors (Lipinski definition) is 3. The Labute approximate surface area is 220 Å². The first-order chi connectivity index (χ1) is 17.3. The predicted octanol–water partition coefficient (Wildman–Crippen LogP) is 6.28. The van der Waals surface area contributed by atoms with E-state index in [1.807, 2.05) is 60.7 Å². The van der Waals surface area contributed by atoms with Gasteiger partial charge in [0.15, 0.2) is 5.11 Å². The van der Waals surface area contributed by atoms with Crippen molar-refractivity contribution < 1.29 is 4.79 Å². The van der Waals surface area contributed by atoms with Gasteiger partial charge in [0.2, 0.25) is 5.91 Å². The molecule has 2 unspecified atom stereocenters. The standard InChI is InChI=1S/C28H26ClN5OS/c1-17-15-24(18(2)33(17)23-8-6-7-20(29)16-23)27-26(25-9-4-5-14-30-25)32-28(36)34(27)22-12-10-21(11-13-22)31-19(3)35/h4-16,26-27H,1-3H3,(H,31,35)(H,32,36). The molecule has 0 aliphatic carbocycles. The van der Waals surface area contributed by atoms with Gasteiger partial charge in [-0.25, -0.2) is 0 Å². The molecule has 1 fully saturated rings. The Bertz CT molecular complexity index is 1430. The van der Waals surface area contributed by atoms with Crippen molar-refractivity contribution in [3.05, 3.63) is 107 Å². The molecule has 1 aliphatic heterocycles. The topological polar surface area (TPSA) is 62.2 Å². The molecule has 5 rings (SSSR count). The van der Waals surface area contributed by atoms with Crippen LogP contribution in [0.25, 0.3) is 5.69 Å². The van der Waals surface area contributed by atoms with Crippen molar-refractivity contribution >= 4 is 46.2 Å². The summed E-state index contributed by atoms with van der Waals surface area (Å²) in [4.78, 5) is 18.3. The van der Waals surface area contributed by atoms with Crippen molar-refractivity contribution in [1.29, 1.82) is 0 Å². The number of aromatic nitrogens is 2. The Morgan fingerprint density at radius 1 is 1.03 bits per heavy atom. The van der Waals surface area contributed by atoms with E-state index in [1.54, 1.807) is 6.20 Å². The highest BCUT2D eigenvalue weighted by Crippen LogP contribution is 2.44. The maximum Gasteiger partial charge on any atom is 0.221 e. The number of nitrogens with one attached hydrogen (secondary N) is 2. The second kappa shape index (κ2) is 9.76. The Morgan fingerprint density at radius 3 is 2.47 bits per heavy atom. The number of nitrogens with zero attached hydrogens (tertiary/aromatic N) is 3. The minimum atomic E-state index is -0.151. The van der Waals surface area contributed by atoms with Crippen LogP contribution in [0.4, 0.5) is 11.4 Å². The van der Waals surface area contributed by atoms with Gasteiger partial charge in [-0.05, 0) is 92.3 Å². The first-order valence-corrected chi connectivity index (χ1v) is 12.4. The summed E-state index contributed by atoms with van der Waals surface area (Å²) < 4.78 is 2.22. The van der Waals surface area contributed by atoms with Gasteiger partial charge in [-0.3, -0.25) is 9.78 Å². The average molecular weight is 516 g/mol. The van der Waals surface area contributed by atoms with E-state index < -0.39 is 0 Å². The van der Waals surface area contributed by atoms with E-state index in [0.29, 0.717) is 10.1 Å². The fraction of sp³-hybridized carbons (Fsp3) is 0.179. The number of hydrogen-bond donors (Lipinski definition) is 2. The molecule has 6 nitrogen and oxygen atoms in total. The van der Waals surface area contributed by atoms with Crippen LogP contribution in [0.5, 0.6) is 0 Å². The second-order valence-electron chi connectivity index (χ2n) is 8.87. The summed E-state index contributed by atoms with van der Waals surface area (Å²) in [6.45, 7) is 5.72. The first kappa shape index (κ1) is 24.0. The largest absolute Gasteiger partial charge is 0.351 e. The maximum absolute atomic E-state index is 11.5. The lowest BCUT2D eigenvalue weighted by Crippen LogP contribution is -2.29. The molecule has 1 saturated heterocycles. The van der Waals surface area contributed by atoms with E-state index in [9.17, 15) is 4.79 Å². The summed E-state index contributed by atoms with van der Waals surface area (Å²) in [6, 6.07) is 23.4. The minimum absolute atomic E-state index is 0.109. The lowest BCUT2D eigenvalue weighted by molar-refractivity contribution is -0.114. The molecule has 1 aliphatic rings. The van der Waals surface area contributed by atoms with Crippen LogP contribution in [0.1, 0.15) is 41.7 Å². The minimum Gasteiger partial charge on any atom is -0.351 e. The molecule has 2 aromatic carbocycles. The van der Waals surface area contributed by atoms with E-state index >= 15 is 0 Å². The smallest absolute Gasteiger partial charge is 0.221 e. The number of pyridine rings is 1. The van der Waals surface area contributed by atoms with Crippen LogP contribution in [-0.4, -0.2) is 20.6 Å². The van der Waals surface area contributed by atoms with E-state index in [1.165, 1.54) is 6.92 Å². The summed E-state index contributed by atoms with van der Waals surface area (Å²) in [5, 5.41) is 7.65. The lowest BCUT2D eigenvalue weighted by Gasteiger charge is -2.28. The SMILES string of the molecule is CC(=O)Nc1ccc(N2C(=S)NC(c3ccccn3)C2c2cc(C)n(-c3cccc(Cl)c3)c2C)cc1. The molecule has 3 heterocycles. The monoisotopic (exact) mass is 515 g/mol. The molecule has 2 atom stereocenters. The van der Waals surface area contributed by atoms with Gasteiger partial charge < -0.3 is 20.1 Å². The Balaban J connectivity index is 1.63. The number of carbonyl (C=O) groups excluding carboxylic acids is 1. The number of amides is 1. The summed E-state index contributed by atoms with van der Waals surface area (Å²) in [6.07, 6.45) is 1.80. The highest BCUT2D eigenvalue weighted by Gasteiger charge is 2.42. The molecule has 8 heteroatoms. The van der Waals surface area contributed by atoms with E-state index in [2.05, 4.69) is 51.1 Å². The first-order valence-electron chi connectivity index (χ1n) is 11.7. The van der Waals surface area contributed by atoms with Gasteiger partial charge in [0.05, 0.1) is 17.8 Å². The third kappa shape index (κ3) is 4.47. The molecule has 0 saturated carbocycles. The fourth-order valence-corrected chi connectivity index (χ4v) is 5.49. The summed E-state index contributed by atoms with van der Waals surface area (Å²) in [7, 11) is 0. The molecule has 36 heavy (non-hydrogen) atoms. The zero-order chi connectivity index (χ0) is 25.4. The molecule has 0 radical (unpaired) electrons. The normalized spacial score (nSPS) is 17.2. The highest BCUT2D eigenvalue weighted by molar-refractivity contribution is 7.80. The summed E-state index contributed by atoms with van der Waals surface area (Å²) >= 11 is 12.2. The molecule has 1 amide bonds. The Kier molecular flexibility index (Phi) is 6.51.